The lowest BCUT2D eigenvalue weighted by atomic mass is 10.1. The number of carboxylic acid groups (broad SMARTS) is 1. The lowest BCUT2D eigenvalue weighted by Gasteiger charge is -2.13. The Kier molecular flexibility index (Phi) is 3.42. The Bertz CT molecular complexity index is 1010. The molecule has 0 aliphatic carbocycles. The Balaban J connectivity index is 1.67. The fraction of sp³-hybridized carbons (Fsp3) is 0.167. The Morgan fingerprint density at radius 2 is 2.16 bits per heavy atom. The van der Waals surface area contributed by atoms with Gasteiger partial charge in [0.25, 0.3) is 5.91 Å². The molecule has 2 N–H and O–H groups in total. The summed E-state index contributed by atoms with van der Waals surface area (Å²) in [6, 6.07) is 11.4. The maximum absolute atomic E-state index is 12.6. The molecule has 1 aliphatic rings. The molecule has 0 unspecified atom stereocenters. The third-order valence-corrected chi connectivity index (χ3v) is 4.36. The Morgan fingerprint density at radius 3 is 2.96 bits per heavy atom. The molecule has 0 radical (unpaired) electrons. The highest BCUT2D eigenvalue weighted by Gasteiger charge is 2.31. The summed E-state index contributed by atoms with van der Waals surface area (Å²) in [6.45, 7) is 0.0201. The number of hydrogen-bond donors (Lipinski definition) is 2. The fourth-order valence-corrected chi connectivity index (χ4v) is 3.21. The minimum absolute atomic E-state index is 0.261. The van der Waals surface area contributed by atoms with E-state index in [2.05, 4.69) is 10.4 Å². The van der Waals surface area contributed by atoms with E-state index in [9.17, 15) is 9.59 Å². The fourth-order valence-electron chi connectivity index (χ4n) is 3.21. The number of benzene rings is 2. The van der Waals surface area contributed by atoms with Crippen LogP contribution in [0.15, 0.2) is 42.6 Å². The van der Waals surface area contributed by atoms with Gasteiger partial charge in [0.05, 0.1) is 23.0 Å². The molecule has 7 nitrogen and oxygen atoms in total. The number of carbonyl (C=O) groups is 2. The SMILES string of the molecule is Cn1ncc2cc(Nc3cccc4c3C(=O)N(CC(=O)O)C4)ccc21. The monoisotopic (exact) mass is 336 g/mol. The molecule has 1 aromatic heterocycles. The van der Waals surface area contributed by atoms with E-state index < -0.39 is 5.97 Å². The molecule has 7 heteroatoms. The highest BCUT2D eigenvalue weighted by atomic mass is 16.4. The van der Waals surface area contributed by atoms with Crippen molar-refractivity contribution in [2.45, 2.75) is 6.54 Å². The molecule has 1 aliphatic heterocycles. The number of nitrogens with zero attached hydrogens (tertiary/aromatic N) is 3. The van der Waals surface area contributed by atoms with Crippen molar-refractivity contribution in [3.63, 3.8) is 0 Å². The molecule has 0 spiro atoms. The number of carboxylic acids is 1. The summed E-state index contributed by atoms with van der Waals surface area (Å²) in [7, 11) is 1.88. The number of amides is 1. The van der Waals surface area contributed by atoms with Gasteiger partial charge in [-0.25, -0.2) is 0 Å². The first-order chi connectivity index (χ1) is 12.0. The minimum Gasteiger partial charge on any atom is -0.480 e. The van der Waals surface area contributed by atoms with Crippen LogP contribution in [0.3, 0.4) is 0 Å². The van der Waals surface area contributed by atoms with Gasteiger partial charge in [-0.2, -0.15) is 5.10 Å². The zero-order valence-corrected chi connectivity index (χ0v) is 13.6. The van der Waals surface area contributed by atoms with Gasteiger partial charge in [-0.05, 0) is 29.8 Å². The van der Waals surface area contributed by atoms with Crippen molar-refractivity contribution in [3.8, 4) is 0 Å². The third kappa shape index (κ3) is 2.59. The molecule has 25 heavy (non-hydrogen) atoms. The van der Waals surface area contributed by atoms with Crippen molar-refractivity contribution in [2.75, 3.05) is 11.9 Å². The van der Waals surface area contributed by atoms with Crippen molar-refractivity contribution < 1.29 is 14.7 Å². The number of aromatic nitrogens is 2. The van der Waals surface area contributed by atoms with Gasteiger partial charge in [0, 0.05) is 24.7 Å². The van der Waals surface area contributed by atoms with E-state index in [1.54, 1.807) is 10.9 Å². The average Bonchev–Trinajstić information content (AvgIpc) is 3.09. The molecule has 2 aromatic carbocycles. The number of anilines is 2. The van der Waals surface area contributed by atoms with Crippen molar-refractivity contribution in [3.05, 3.63) is 53.7 Å². The summed E-state index contributed by atoms with van der Waals surface area (Å²) >= 11 is 0. The van der Waals surface area contributed by atoms with E-state index in [-0.39, 0.29) is 12.5 Å². The van der Waals surface area contributed by atoms with Crippen molar-refractivity contribution in [2.24, 2.45) is 7.05 Å². The molecule has 0 atom stereocenters. The summed E-state index contributed by atoms with van der Waals surface area (Å²) in [5.41, 5.74) is 3.92. The molecule has 1 amide bonds. The molecule has 0 saturated heterocycles. The standard InChI is InChI=1S/C18H16N4O3/c1-21-15-6-5-13(7-12(15)8-19-21)20-14-4-2-3-11-9-22(10-16(23)24)18(25)17(11)14/h2-8,20H,9-10H2,1H3,(H,23,24). The number of nitrogens with one attached hydrogen (secondary N) is 1. The quantitative estimate of drug-likeness (QED) is 0.764. The molecular weight excluding hydrogens is 320 g/mol. The van der Waals surface area contributed by atoms with Gasteiger partial charge >= 0.3 is 5.97 Å². The predicted molar refractivity (Wildman–Crippen MR) is 92.8 cm³/mol. The van der Waals surface area contributed by atoms with Crippen LogP contribution in [0.1, 0.15) is 15.9 Å². The lowest BCUT2D eigenvalue weighted by molar-refractivity contribution is -0.137. The average molecular weight is 336 g/mol. The van der Waals surface area contributed by atoms with Crippen LogP contribution in [0.5, 0.6) is 0 Å². The zero-order chi connectivity index (χ0) is 17.6. The van der Waals surface area contributed by atoms with Gasteiger partial charge < -0.3 is 15.3 Å². The number of aryl methyl sites for hydroxylation is 1. The van der Waals surface area contributed by atoms with Gasteiger partial charge in [0.15, 0.2) is 0 Å². The second-order valence-electron chi connectivity index (χ2n) is 6.06. The second kappa shape index (κ2) is 5.62. The van der Waals surface area contributed by atoms with E-state index in [0.717, 1.165) is 22.2 Å². The van der Waals surface area contributed by atoms with E-state index in [1.165, 1.54) is 4.90 Å². The normalized spacial score (nSPS) is 13.3. The lowest BCUT2D eigenvalue weighted by Crippen LogP contribution is -2.30. The number of fused-ring (bicyclic) bond motifs is 2. The first kappa shape index (κ1) is 15.2. The molecule has 0 saturated carbocycles. The van der Waals surface area contributed by atoms with Gasteiger partial charge in [0.1, 0.15) is 6.54 Å². The van der Waals surface area contributed by atoms with Crippen molar-refractivity contribution in [1.82, 2.24) is 14.7 Å². The maximum Gasteiger partial charge on any atom is 0.323 e. The molecule has 0 fully saturated rings. The molecule has 4 rings (SSSR count). The van der Waals surface area contributed by atoms with Crippen LogP contribution in [0.4, 0.5) is 11.4 Å². The zero-order valence-electron chi connectivity index (χ0n) is 13.6. The number of hydrogen-bond acceptors (Lipinski definition) is 4. The molecule has 3 aromatic rings. The van der Waals surface area contributed by atoms with Gasteiger partial charge in [-0.1, -0.05) is 12.1 Å². The maximum atomic E-state index is 12.6. The van der Waals surface area contributed by atoms with Gasteiger partial charge in [-0.3, -0.25) is 14.3 Å². The van der Waals surface area contributed by atoms with Crippen LogP contribution in [0.2, 0.25) is 0 Å². The van der Waals surface area contributed by atoms with Crippen LogP contribution < -0.4 is 5.32 Å². The summed E-state index contributed by atoms with van der Waals surface area (Å²) < 4.78 is 1.80. The largest absolute Gasteiger partial charge is 0.480 e. The molecule has 2 heterocycles. The first-order valence-corrected chi connectivity index (χ1v) is 7.84. The number of carbonyl (C=O) groups excluding carboxylic acids is 1. The minimum atomic E-state index is -1.02. The Morgan fingerprint density at radius 1 is 1.32 bits per heavy atom. The summed E-state index contributed by atoms with van der Waals surface area (Å²) in [4.78, 5) is 24.8. The van der Waals surface area contributed by atoms with Crippen LogP contribution >= 0.6 is 0 Å². The van der Waals surface area contributed by atoms with Crippen molar-refractivity contribution in [1.29, 1.82) is 0 Å². The second-order valence-corrected chi connectivity index (χ2v) is 6.06. The van der Waals surface area contributed by atoms with Crippen LogP contribution in [-0.4, -0.2) is 38.2 Å². The van der Waals surface area contributed by atoms with E-state index in [0.29, 0.717) is 17.8 Å². The van der Waals surface area contributed by atoms with Crippen molar-refractivity contribution >= 4 is 34.2 Å². The van der Waals surface area contributed by atoms with E-state index >= 15 is 0 Å². The molecule has 126 valence electrons. The van der Waals surface area contributed by atoms with E-state index in [1.807, 2.05) is 43.4 Å². The Labute approximate surface area is 143 Å². The molecule has 0 bridgehead atoms. The van der Waals surface area contributed by atoms with Crippen LogP contribution in [-0.2, 0) is 18.4 Å². The van der Waals surface area contributed by atoms with Crippen LogP contribution in [0, 0.1) is 0 Å². The number of rotatable bonds is 4. The topological polar surface area (TPSA) is 87.5 Å². The highest BCUT2D eigenvalue weighted by Crippen LogP contribution is 2.31. The third-order valence-electron chi connectivity index (χ3n) is 4.36. The number of aliphatic carboxylic acids is 1. The first-order valence-electron chi connectivity index (χ1n) is 7.84. The summed E-state index contributed by atoms with van der Waals surface area (Å²) in [6.07, 6.45) is 1.79. The Hall–Kier alpha value is -3.35. The summed E-state index contributed by atoms with van der Waals surface area (Å²) in [5.74, 6) is -1.28. The molecular formula is C18H16N4O3. The predicted octanol–water partition coefficient (Wildman–Crippen LogP) is 2.36. The van der Waals surface area contributed by atoms with Crippen LogP contribution in [0.25, 0.3) is 10.9 Å². The van der Waals surface area contributed by atoms with Gasteiger partial charge in [0.2, 0.25) is 0 Å². The van der Waals surface area contributed by atoms with Gasteiger partial charge in [-0.15, -0.1) is 0 Å². The summed E-state index contributed by atoms with van der Waals surface area (Å²) in [5, 5.41) is 17.5. The highest BCUT2D eigenvalue weighted by molar-refractivity contribution is 6.05. The smallest absolute Gasteiger partial charge is 0.323 e. The van der Waals surface area contributed by atoms with E-state index in [4.69, 9.17) is 5.11 Å².